The van der Waals surface area contributed by atoms with Crippen molar-refractivity contribution in [2.75, 3.05) is 5.32 Å². The molecule has 28 heavy (non-hydrogen) atoms. The predicted octanol–water partition coefficient (Wildman–Crippen LogP) is 5.32. The third kappa shape index (κ3) is 3.50. The first-order chi connectivity index (χ1) is 13.4. The van der Waals surface area contributed by atoms with E-state index in [4.69, 9.17) is 11.6 Å². The lowest BCUT2D eigenvalue weighted by atomic mass is 10.1. The van der Waals surface area contributed by atoms with Crippen molar-refractivity contribution in [3.63, 3.8) is 0 Å². The van der Waals surface area contributed by atoms with Gasteiger partial charge in [-0.1, -0.05) is 11.6 Å². The number of aryl methyl sites for hydroxylation is 1. The van der Waals surface area contributed by atoms with Gasteiger partial charge < -0.3 is 10.3 Å². The van der Waals surface area contributed by atoms with E-state index in [0.29, 0.717) is 16.9 Å². The van der Waals surface area contributed by atoms with E-state index < -0.39 is 11.9 Å². The second-order valence-corrected chi connectivity index (χ2v) is 7.69. The standard InChI is InChI=1S/C20H16ClFN4OS/c1-10-8-28-9-15(10)17-3-4-23-20(25-17)24-11(2)14-6-12-5-13(21)7-16(22)18(12)26-19(14)27/h3-9,11H,1-2H3,(H,26,27)(H,23,24,25)/t11-/m0/s1. The minimum atomic E-state index is -0.561. The summed E-state index contributed by atoms with van der Waals surface area (Å²) in [4.78, 5) is 23.9. The molecule has 1 atom stereocenters. The number of H-pyrrole nitrogens is 1. The molecule has 0 fully saturated rings. The summed E-state index contributed by atoms with van der Waals surface area (Å²) in [5.74, 6) is -0.152. The molecule has 4 aromatic rings. The summed E-state index contributed by atoms with van der Waals surface area (Å²) in [6.45, 7) is 3.85. The molecule has 0 aliphatic heterocycles. The van der Waals surface area contributed by atoms with Gasteiger partial charge in [0.1, 0.15) is 5.82 Å². The Hall–Kier alpha value is -2.77. The van der Waals surface area contributed by atoms with Crippen molar-refractivity contribution in [1.82, 2.24) is 15.0 Å². The van der Waals surface area contributed by atoms with Gasteiger partial charge in [-0.25, -0.2) is 14.4 Å². The van der Waals surface area contributed by atoms with Crippen LogP contribution < -0.4 is 10.9 Å². The fraction of sp³-hybridized carbons (Fsp3) is 0.150. The molecule has 0 saturated carbocycles. The van der Waals surface area contributed by atoms with Crippen LogP contribution in [-0.2, 0) is 0 Å². The van der Waals surface area contributed by atoms with Crippen molar-refractivity contribution in [2.24, 2.45) is 0 Å². The highest BCUT2D eigenvalue weighted by Crippen LogP contribution is 2.27. The quantitative estimate of drug-likeness (QED) is 0.474. The Morgan fingerprint density at radius 2 is 2.11 bits per heavy atom. The third-order valence-electron chi connectivity index (χ3n) is 4.50. The van der Waals surface area contributed by atoms with E-state index in [-0.39, 0.29) is 16.1 Å². The number of fused-ring (bicyclic) bond motifs is 1. The van der Waals surface area contributed by atoms with Crippen molar-refractivity contribution in [3.8, 4) is 11.3 Å². The van der Waals surface area contributed by atoms with Crippen molar-refractivity contribution in [1.29, 1.82) is 0 Å². The Bertz CT molecular complexity index is 1240. The molecule has 3 heterocycles. The molecule has 0 radical (unpaired) electrons. The molecule has 3 aromatic heterocycles. The van der Waals surface area contributed by atoms with Gasteiger partial charge in [0.15, 0.2) is 0 Å². The lowest BCUT2D eigenvalue weighted by Gasteiger charge is -2.15. The molecule has 0 aliphatic carbocycles. The monoisotopic (exact) mass is 414 g/mol. The van der Waals surface area contributed by atoms with Crippen LogP contribution in [0.25, 0.3) is 22.2 Å². The first-order valence-corrected chi connectivity index (χ1v) is 9.89. The van der Waals surface area contributed by atoms with Crippen LogP contribution in [-0.4, -0.2) is 15.0 Å². The molecule has 4 rings (SSSR count). The predicted molar refractivity (Wildman–Crippen MR) is 112 cm³/mol. The normalized spacial score (nSPS) is 12.3. The number of halogens is 2. The Labute approximate surface area is 169 Å². The minimum absolute atomic E-state index is 0.136. The number of anilines is 1. The largest absolute Gasteiger partial charge is 0.347 e. The van der Waals surface area contributed by atoms with Gasteiger partial charge in [-0.2, -0.15) is 11.3 Å². The number of hydrogen-bond donors (Lipinski definition) is 2. The van der Waals surface area contributed by atoms with E-state index in [1.54, 1.807) is 29.7 Å². The molecule has 0 spiro atoms. The third-order valence-corrected chi connectivity index (χ3v) is 5.58. The average molecular weight is 415 g/mol. The number of benzene rings is 1. The van der Waals surface area contributed by atoms with E-state index in [0.717, 1.165) is 16.8 Å². The fourth-order valence-corrected chi connectivity index (χ4v) is 4.11. The molecular weight excluding hydrogens is 399 g/mol. The second kappa shape index (κ2) is 7.33. The lowest BCUT2D eigenvalue weighted by molar-refractivity contribution is 0.636. The lowest BCUT2D eigenvalue weighted by Crippen LogP contribution is -2.20. The molecule has 0 unspecified atom stereocenters. The van der Waals surface area contributed by atoms with Crippen LogP contribution in [0.5, 0.6) is 0 Å². The van der Waals surface area contributed by atoms with E-state index in [1.807, 2.05) is 25.3 Å². The summed E-state index contributed by atoms with van der Waals surface area (Å²) in [6.07, 6.45) is 1.67. The molecule has 0 aliphatic rings. The van der Waals surface area contributed by atoms with Crippen molar-refractivity contribution < 1.29 is 4.39 Å². The molecule has 8 heteroatoms. The number of pyridine rings is 1. The highest BCUT2D eigenvalue weighted by Gasteiger charge is 2.15. The Kier molecular flexibility index (Phi) is 4.87. The van der Waals surface area contributed by atoms with Gasteiger partial charge in [0.25, 0.3) is 5.56 Å². The maximum absolute atomic E-state index is 14.0. The van der Waals surface area contributed by atoms with Crippen molar-refractivity contribution in [2.45, 2.75) is 19.9 Å². The van der Waals surface area contributed by atoms with Crippen LogP contribution in [0.2, 0.25) is 5.02 Å². The average Bonchev–Trinajstić information content (AvgIpc) is 3.08. The van der Waals surface area contributed by atoms with Crippen LogP contribution in [0.1, 0.15) is 24.1 Å². The number of nitrogens with zero attached hydrogens (tertiary/aromatic N) is 2. The molecule has 142 valence electrons. The van der Waals surface area contributed by atoms with Gasteiger partial charge in [-0.05, 0) is 49.1 Å². The SMILES string of the molecule is Cc1cscc1-c1ccnc(N[C@@H](C)c2cc3cc(Cl)cc(F)c3[nH]c2=O)n1. The van der Waals surface area contributed by atoms with E-state index in [1.165, 1.54) is 6.07 Å². The first-order valence-electron chi connectivity index (χ1n) is 8.57. The first kappa shape index (κ1) is 18.6. The Morgan fingerprint density at radius 3 is 2.86 bits per heavy atom. The van der Waals surface area contributed by atoms with E-state index >= 15 is 0 Å². The van der Waals surface area contributed by atoms with Gasteiger partial charge in [-0.3, -0.25) is 4.79 Å². The summed E-state index contributed by atoms with van der Waals surface area (Å²) in [7, 11) is 0. The van der Waals surface area contributed by atoms with Gasteiger partial charge >= 0.3 is 0 Å². The zero-order valence-electron chi connectivity index (χ0n) is 15.1. The summed E-state index contributed by atoms with van der Waals surface area (Å²) < 4.78 is 14.0. The molecular formula is C20H16ClFN4OS. The second-order valence-electron chi connectivity index (χ2n) is 6.51. The maximum atomic E-state index is 14.0. The molecule has 0 saturated heterocycles. The molecule has 0 amide bonds. The number of rotatable bonds is 4. The summed E-state index contributed by atoms with van der Waals surface area (Å²) in [5, 5.41) is 8.04. The van der Waals surface area contributed by atoms with Gasteiger partial charge in [0.05, 0.1) is 17.3 Å². The molecule has 0 bridgehead atoms. The number of aromatic amines is 1. The van der Waals surface area contributed by atoms with E-state index in [2.05, 4.69) is 25.6 Å². The van der Waals surface area contributed by atoms with Gasteiger partial charge in [0, 0.05) is 33.1 Å². The maximum Gasteiger partial charge on any atom is 0.253 e. The Morgan fingerprint density at radius 1 is 1.29 bits per heavy atom. The van der Waals surface area contributed by atoms with Crippen molar-refractivity contribution in [3.05, 3.63) is 73.5 Å². The van der Waals surface area contributed by atoms with Crippen molar-refractivity contribution >= 4 is 39.8 Å². The smallest absolute Gasteiger partial charge is 0.253 e. The summed E-state index contributed by atoms with van der Waals surface area (Å²) in [5.41, 5.74) is 3.21. The number of nitrogens with one attached hydrogen (secondary N) is 2. The molecule has 5 nitrogen and oxygen atoms in total. The topological polar surface area (TPSA) is 70.7 Å². The highest BCUT2D eigenvalue weighted by atomic mass is 35.5. The molecule has 1 aromatic carbocycles. The van der Waals surface area contributed by atoms with Gasteiger partial charge in [0.2, 0.25) is 5.95 Å². The zero-order valence-corrected chi connectivity index (χ0v) is 16.7. The zero-order chi connectivity index (χ0) is 19.8. The van der Waals surface area contributed by atoms with Crippen LogP contribution in [0.4, 0.5) is 10.3 Å². The van der Waals surface area contributed by atoms with Crippen LogP contribution in [0.3, 0.4) is 0 Å². The number of thiophene rings is 1. The van der Waals surface area contributed by atoms with Crippen LogP contribution >= 0.6 is 22.9 Å². The summed E-state index contributed by atoms with van der Waals surface area (Å²) in [6, 6.07) is 5.87. The van der Waals surface area contributed by atoms with Crippen LogP contribution in [0, 0.1) is 12.7 Å². The minimum Gasteiger partial charge on any atom is -0.347 e. The highest BCUT2D eigenvalue weighted by molar-refractivity contribution is 7.08. The fourth-order valence-electron chi connectivity index (χ4n) is 3.05. The number of aromatic nitrogens is 3. The van der Waals surface area contributed by atoms with Gasteiger partial charge in [-0.15, -0.1) is 0 Å². The summed E-state index contributed by atoms with van der Waals surface area (Å²) >= 11 is 7.55. The Balaban J connectivity index is 1.67. The molecule has 2 N–H and O–H groups in total. The van der Waals surface area contributed by atoms with E-state index in [9.17, 15) is 9.18 Å². The van der Waals surface area contributed by atoms with Crippen LogP contribution in [0.15, 0.2) is 46.0 Å². The number of hydrogen-bond acceptors (Lipinski definition) is 5.